The highest BCUT2D eigenvalue weighted by atomic mass is 28.4. The molecule has 1 saturated heterocycles. The highest BCUT2D eigenvalue weighted by molar-refractivity contribution is 6.74. The van der Waals surface area contributed by atoms with E-state index in [1.54, 1.807) is 12.2 Å². The van der Waals surface area contributed by atoms with Gasteiger partial charge in [0.2, 0.25) is 14.2 Å². The Hall–Kier alpha value is -2.95. The number of benzene rings is 1. The molecule has 1 heterocycles. The molecule has 0 unspecified atom stereocenters. The minimum atomic E-state index is -2.07. The lowest BCUT2D eigenvalue weighted by Crippen LogP contribution is -2.61. The zero-order valence-corrected chi connectivity index (χ0v) is 26.9. The van der Waals surface area contributed by atoms with Crippen molar-refractivity contribution in [1.82, 2.24) is 15.8 Å². The van der Waals surface area contributed by atoms with Crippen LogP contribution in [0.15, 0.2) is 49.1 Å². The van der Waals surface area contributed by atoms with E-state index in [1.807, 2.05) is 44.2 Å². The summed E-state index contributed by atoms with van der Waals surface area (Å²) in [6.45, 7) is 18.9. The highest BCUT2D eigenvalue weighted by Gasteiger charge is 2.39. The Balaban J connectivity index is 2.21. The topological polar surface area (TPSA) is 123 Å². The maximum absolute atomic E-state index is 13.8. The maximum Gasteiger partial charge on any atom is 0.324 e. The largest absolute Gasteiger partial charge is 0.543 e. The Bertz CT molecular complexity index is 1080. The van der Waals surface area contributed by atoms with E-state index in [4.69, 9.17) is 14.9 Å². The summed E-state index contributed by atoms with van der Waals surface area (Å²) in [5.74, 6) is -0.496. The van der Waals surface area contributed by atoms with Crippen LogP contribution in [0.4, 0.5) is 0 Å². The number of rotatable bonds is 13. The van der Waals surface area contributed by atoms with E-state index in [2.05, 4.69) is 51.2 Å². The molecule has 0 spiro atoms. The van der Waals surface area contributed by atoms with Gasteiger partial charge in [0, 0.05) is 13.0 Å². The van der Waals surface area contributed by atoms with Crippen molar-refractivity contribution < 1.29 is 23.5 Å². The fourth-order valence-electron chi connectivity index (χ4n) is 4.01. The van der Waals surface area contributed by atoms with Gasteiger partial charge in [-0.1, -0.05) is 71.6 Å². The van der Waals surface area contributed by atoms with Crippen molar-refractivity contribution >= 4 is 26.1 Å². The fourth-order valence-corrected chi connectivity index (χ4v) is 5.04. The standard InChI is InChI=1S/C31H50N4O5Si/c1-9-10-11-12-19-39-30(38)25-17-14-18-35(34-25)29(37)26(33-28(36)27(32)22(2)3)21-23-15-13-16-24(20-23)40-41(7,8)31(4,5)6/h9-11,13,15-16,20,22,25-27,34H,1,12,14,17-19,21,32H2,2-8H3,(H,33,36)/b11-10+/t25-,26-,27-/m0/s1. The van der Waals surface area contributed by atoms with Crippen molar-refractivity contribution in [2.45, 2.75) is 96.6 Å². The lowest BCUT2D eigenvalue weighted by Gasteiger charge is -2.36. The second-order valence-electron chi connectivity index (χ2n) is 12.5. The second kappa shape index (κ2) is 15.3. The number of amides is 2. The number of allylic oxidation sites excluding steroid dienone is 2. The van der Waals surface area contributed by atoms with Crippen LogP contribution < -0.4 is 20.9 Å². The van der Waals surface area contributed by atoms with Gasteiger partial charge in [0.25, 0.3) is 5.91 Å². The summed E-state index contributed by atoms with van der Waals surface area (Å²) in [4.78, 5) is 39.4. The van der Waals surface area contributed by atoms with E-state index in [1.165, 1.54) is 5.01 Å². The van der Waals surface area contributed by atoms with E-state index >= 15 is 0 Å². The van der Waals surface area contributed by atoms with Crippen molar-refractivity contribution in [3.05, 3.63) is 54.6 Å². The number of carbonyl (C=O) groups excluding carboxylic acids is 3. The Kier molecular flexibility index (Phi) is 12.8. The molecular formula is C31H50N4O5Si. The number of hydrogen-bond acceptors (Lipinski definition) is 7. The number of nitrogens with zero attached hydrogens (tertiary/aromatic N) is 1. The number of hydrazine groups is 1. The third kappa shape index (κ3) is 10.4. The average molecular weight is 587 g/mol. The van der Waals surface area contributed by atoms with Gasteiger partial charge in [-0.25, -0.2) is 5.43 Å². The fraction of sp³-hybridized carbons (Fsp3) is 0.581. The smallest absolute Gasteiger partial charge is 0.324 e. The number of esters is 1. The van der Waals surface area contributed by atoms with Crippen molar-refractivity contribution in [1.29, 1.82) is 0 Å². The predicted molar refractivity (Wildman–Crippen MR) is 165 cm³/mol. The van der Waals surface area contributed by atoms with Crippen LogP contribution in [0.2, 0.25) is 18.1 Å². The molecule has 0 aliphatic carbocycles. The monoisotopic (exact) mass is 586 g/mol. The minimum Gasteiger partial charge on any atom is -0.543 e. The van der Waals surface area contributed by atoms with Crippen LogP contribution >= 0.6 is 0 Å². The highest BCUT2D eigenvalue weighted by Crippen LogP contribution is 2.37. The summed E-state index contributed by atoms with van der Waals surface area (Å²) < 4.78 is 11.9. The Morgan fingerprint density at radius 1 is 1.27 bits per heavy atom. The van der Waals surface area contributed by atoms with Crippen LogP contribution in [0.1, 0.15) is 59.4 Å². The second-order valence-corrected chi connectivity index (χ2v) is 17.2. The summed E-state index contributed by atoms with van der Waals surface area (Å²) in [5.41, 5.74) is 9.99. The third-order valence-corrected chi connectivity index (χ3v) is 12.0. The molecule has 3 atom stereocenters. The lowest BCUT2D eigenvalue weighted by atomic mass is 10.0. The van der Waals surface area contributed by atoms with Gasteiger partial charge in [0.05, 0.1) is 12.6 Å². The van der Waals surface area contributed by atoms with Crippen LogP contribution in [0.5, 0.6) is 5.75 Å². The first-order valence-corrected chi connectivity index (χ1v) is 17.4. The van der Waals surface area contributed by atoms with E-state index in [-0.39, 0.29) is 29.9 Å². The van der Waals surface area contributed by atoms with Crippen LogP contribution in [0.3, 0.4) is 0 Å². The number of ether oxygens (including phenoxy) is 1. The molecular weight excluding hydrogens is 536 g/mol. The van der Waals surface area contributed by atoms with Crippen molar-refractivity contribution in [2.75, 3.05) is 13.2 Å². The maximum atomic E-state index is 13.8. The van der Waals surface area contributed by atoms with Gasteiger partial charge in [-0.05, 0) is 61.0 Å². The third-order valence-electron chi connectivity index (χ3n) is 7.69. The molecule has 4 N–H and O–H groups in total. The van der Waals surface area contributed by atoms with Crippen molar-refractivity contribution in [2.24, 2.45) is 11.7 Å². The molecule has 41 heavy (non-hydrogen) atoms. The number of carbonyl (C=O) groups is 3. The molecule has 2 amide bonds. The van der Waals surface area contributed by atoms with Gasteiger partial charge in [-0.3, -0.25) is 19.4 Å². The molecule has 1 aliphatic heterocycles. The summed E-state index contributed by atoms with van der Waals surface area (Å²) in [6.07, 6.45) is 7.31. The van der Waals surface area contributed by atoms with E-state index in [0.29, 0.717) is 25.8 Å². The number of nitrogens with one attached hydrogen (secondary N) is 2. The molecule has 10 heteroatoms. The molecule has 2 rings (SSSR count). The van der Waals surface area contributed by atoms with E-state index in [0.717, 1.165) is 11.3 Å². The minimum absolute atomic E-state index is 0.0301. The van der Waals surface area contributed by atoms with Crippen molar-refractivity contribution in [3.8, 4) is 5.75 Å². The van der Waals surface area contributed by atoms with E-state index < -0.39 is 38.3 Å². The van der Waals surface area contributed by atoms with Gasteiger partial charge >= 0.3 is 5.97 Å². The molecule has 0 saturated carbocycles. The SMILES string of the molecule is C=C/C=C/CCOC(=O)[C@@H]1CCCN(C(=O)[C@H](Cc2cccc(O[Si](C)(C)C(C)(C)C)c2)NC(=O)[C@@H](N)C(C)C)N1. The van der Waals surface area contributed by atoms with Gasteiger partial charge < -0.3 is 20.2 Å². The average Bonchev–Trinajstić information content (AvgIpc) is 2.90. The zero-order valence-electron chi connectivity index (χ0n) is 25.9. The quantitative estimate of drug-likeness (QED) is 0.137. The normalized spacial score (nSPS) is 17.7. The molecule has 0 radical (unpaired) electrons. The molecule has 228 valence electrons. The summed E-state index contributed by atoms with van der Waals surface area (Å²) >= 11 is 0. The van der Waals surface area contributed by atoms with Crippen LogP contribution in [-0.2, 0) is 25.5 Å². The first kappa shape index (κ1) is 34.2. The Morgan fingerprint density at radius 2 is 1.98 bits per heavy atom. The molecule has 1 aliphatic rings. The molecule has 1 fully saturated rings. The molecule has 1 aromatic rings. The number of nitrogens with two attached hydrogens (primary N) is 1. The first-order chi connectivity index (χ1) is 19.2. The van der Waals surface area contributed by atoms with Crippen LogP contribution in [0.25, 0.3) is 0 Å². The van der Waals surface area contributed by atoms with E-state index in [9.17, 15) is 14.4 Å². The van der Waals surface area contributed by atoms with Gasteiger partial charge in [0.15, 0.2) is 0 Å². The molecule has 0 bridgehead atoms. The lowest BCUT2D eigenvalue weighted by molar-refractivity contribution is -0.153. The van der Waals surface area contributed by atoms with Gasteiger partial charge in [-0.2, -0.15) is 0 Å². The molecule has 1 aromatic carbocycles. The number of hydrogen-bond donors (Lipinski definition) is 3. The predicted octanol–water partition coefficient (Wildman–Crippen LogP) is 4.25. The molecule has 0 aromatic heterocycles. The van der Waals surface area contributed by atoms with Crippen LogP contribution in [0, 0.1) is 5.92 Å². The summed E-state index contributed by atoms with van der Waals surface area (Å²) in [7, 11) is -2.07. The summed E-state index contributed by atoms with van der Waals surface area (Å²) in [6, 6.07) is 5.37. The molecule has 9 nitrogen and oxygen atoms in total. The van der Waals surface area contributed by atoms with Crippen LogP contribution in [-0.4, -0.2) is 62.4 Å². The van der Waals surface area contributed by atoms with Gasteiger partial charge in [0.1, 0.15) is 17.8 Å². The first-order valence-electron chi connectivity index (χ1n) is 14.5. The Morgan fingerprint density at radius 3 is 2.61 bits per heavy atom. The Labute approximate surface area is 247 Å². The summed E-state index contributed by atoms with van der Waals surface area (Å²) in [5, 5.41) is 4.33. The zero-order chi connectivity index (χ0) is 30.8. The van der Waals surface area contributed by atoms with Crippen molar-refractivity contribution in [3.63, 3.8) is 0 Å². The van der Waals surface area contributed by atoms with Gasteiger partial charge in [-0.15, -0.1) is 0 Å².